The summed E-state index contributed by atoms with van der Waals surface area (Å²) in [6.45, 7) is 1.56. The van der Waals surface area contributed by atoms with E-state index in [-0.39, 0.29) is 11.7 Å². The van der Waals surface area contributed by atoms with Crippen molar-refractivity contribution in [3.05, 3.63) is 58.1 Å². The first kappa shape index (κ1) is 19.5. The molecular formula is C18H18BrN3O4. The number of rotatable bonds is 6. The van der Waals surface area contributed by atoms with Crippen molar-refractivity contribution in [1.82, 2.24) is 10.7 Å². The quantitative estimate of drug-likeness (QED) is 0.494. The number of amides is 2. The predicted octanol–water partition coefficient (Wildman–Crippen LogP) is 2.43. The van der Waals surface area contributed by atoms with Crippen LogP contribution in [0.4, 0.5) is 0 Å². The van der Waals surface area contributed by atoms with Crippen LogP contribution in [-0.2, 0) is 4.79 Å². The molecule has 2 rings (SSSR count). The van der Waals surface area contributed by atoms with Gasteiger partial charge in [-0.15, -0.1) is 0 Å². The lowest BCUT2D eigenvalue weighted by atomic mass is 10.2. The van der Waals surface area contributed by atoms with Gasteiger partial charge in [-0.25, -0.2) is 5.43 Å². The number of methoxy groups -OCH3 is 1. The van der Waals surface area contributed by atoms with E-state index in [1.54, 1.807) is 43.3 Å². The van der Waals surface area contributed by atoms with Crippen molar-refractivity contribution in [3.63, 3.8) is 0 Å². The number of carbonyl (C=O) groups is 2. The van der Waals surface area contributed by atoms with Crippen molar-refractivity contribution < 1.29 is 19.4 Å². The average molecular weight is 420 g/mol. The molecule has 1 unspecified atom stereocenters. The van der Waals surface area contributed by atoms with E-state index < -0.39 is 11.9 Å². The molecule has 26 heavy (non-hydrogen) atoms. The third-order valence-corrected chi connectivity index (χ3v) is 4.14. The molecule has 0 spiro atoms. The minimum absolute atomic E-state index is 0.0112. The number of nitrogens with one attached hydrogen (secondary N) is 2. The van der Waals surface area contributed by atoms with Gasteiger partial charge in [-0.2, -0.15) is 5.10 Å². The van der Waals surface area contributed by atoms with E-state index in [1.807, 2.05) is 0 Å². The Kier molecular flexibility index (Phi) is 6.74. The molecule has 2 aromatic carbocycles. The van der Waals surface area contributed by atoms with Gasteiger partial charge < -0.3 is 15.2 Å². The van der Waals surface area contributed by atoms with Crippen LogP contribution < -0.4 is 15.5 Å². The van der Waals surface area contributed by atoms with Crippen molar-refractivity contribution in [2.75, 3.05) is 7.11 Å². The van der Waals surface area contributed by atoms with Crippen molar-refractivity contribution in [1.29, 1.82) is 0 Å². The second-order valence-electron chi connectivity index (χ2n) is 5.34. The topological polar surface area (TPSA) is 100 Å². The third-order valence-electron chi connectivity index (χ3n) is 3.45. The maximum atomic E-state index is 12.2. The maximum absolute atomic E-state index is 12.2. The Hall–Kier alpha value is -2.87. The highest BCUT2D eigenvalue weighted by atomic mass is 79.9. The SMILES string of the molecule is COc1cc(C=NNC(=O)C(C)NC(=O)c2ccccc2Br)ccc1O. The van der Waals surface area contributed by atoms with Gasteiger partial charge in [0.1, 0.15) is 6.04 Å². The van der Waals surface area contributed by atoms with Gasteiger partial charge in [0.15, 0.2) is 11.5 Å². The van der Waals surface area contributed by atoms with Crippen LogP contribution >= 0.6 is 15.9 Å². The summed E-state index contributed by atoms with van der Waals surface area (Å²) in [5, 5.41) is 16.0. The number of phenols is 1. The van der Waals surface area contributed by atoms with Crippen molar-refractivity contribution in [2.24, 2.45) is 5.10 Å². The fourth-order valence-electron chi connectivity index (χ4n) is 2.03. The van der Waals surface area contributed by atoms with E-state index in [0.29, 0.717) is 21.3 Å². The Balaban J connectivity index is 1.93. The summed E-state index contributed by atoms with van der Waals surface area (Å²) in [4.78, 5) is 24.2. The highest BCUT2D eigenvalue weighted by Crippen LogP contribution is 2.25. The molecule has 0 heterocycles. The molecule has 136 valence electrons. The Morgan fingerprint density at radius 3 is 2.69 bits per heavy atom. The van der Waals surface area contributed by atoms with Crippen LogP contribution in [0.1, 0.15) is 22.8 Å². The van der Waals surface area contributed by atoms with Gasteiger partial charge in [-0.1, -0.05) is 12.1 Å². The molecule has 3 N–H and O–H groups in total. The normalized spacial score (nSPS) is 11.8. The van der Waals surface area contributed by atoms with Crippen LogP contribution in [-0.4, -0.2) is 36.3 Å². The molecule has 2 aromatic rings. The fourth-order valence-corrected chi connectivity index (χ4v) is 2.49. The minimum atomic E-state index is -0.777. The number of hydrazone groups is 1. The summed E-state index contributed by atoms with van der Waals surface area (Å²) in [6, 6.07) is 10.8. The summed E-state index contributed by atoms with van der Waals surface area (Å²) < 4.78 is 5.64. The lowest BCUT2D eigenvalue weighted by Crippen LogP contribution is -2.43. The maximum Gasteiger partial charge on any atom is 0.262 e. The van der Waals surface area contributed by atoms with Gasteiger partial charge in [0.05, 0.1) is 18.9 Å². The smallest absolute Gasteiger partial charge is 0.262 e. The average Bonchev–Trinajstić information content (AvgIpc) is 2.63. The Morgan fingerprint density at radius 2 is 2.00 bits per heavy atom. The minimum Gasteiger partial charge on any atom is -0.504 e. The molecular weight excluding hydrogens is 402 g/mol. The van der Waals surface area contributed by atoms with Gasteiger partial charge in [-0.3, -0.25) is 9.59 Å². The molecule has 2 amide bonds. The molecule has 0 aliphatic rings. The highest BCUT2D eigenvalue weighted by Gasteiger charge is 2.17. The number of nitrogens with zero attached hydrogens (tertiary/aromatic N) is 1. The summed E-state index contributed by atoms with van der Waals surface area (Å²) >= 11 is 3.30. The van der Waals surface area contributed by atoms with Crippen LogP contribution in [0.5, 0.6) is 11.5 Å². The number of hydrogen-bond acceptors (Lipinski definition) is 5. The van der Waals surface area contributed by atoms with Crippen LogP contribution in [0.3, 0.4) is 0 Å². The van der Waals surface area contributed by atoms with Crippen molar-refractivity contribution in [3.8, 4) is 11.5 Å². The first-order valence-corrected chi connectivity index (χ1v) is 8.47. The van der Waals surface area contributed by atoms with Crippen LogP contribution in [0.25, 0.3) is 0 Å². The van der Waals surface area contributed by atoms with Gasteiger partial charge in [-0.05, 0) is 58.7 Å². The van der Waals surface area contributed by atoms with Gasteiger partial charge >= 0.3 is 0 Å². The van der Waals surface area contributed by atoms with E-state index in [0.717, 1.165) is 0 Å². The zero-order valence-corrected chi connectivity index (χ0v) is 15.8. The monoisotopic (exact) mass is 419 g/mol. The molecule has 0 aliphatic heterocycles. The molecule has 0 saturated heterocycles. The summed E-state index contributed by atoms with van der Waals surface area (Å²) in [5.74, 6) is -0.522. The molecule has 7 nitrogen and oxygen atoms in total. The Morgan fingerprint density at radius 1 is 1.27 bits per heavy atom. The number of carbonyl (C=O) groups excluding carboxylic acids is 2. The second kappa shape index (κ2) is 9.00. The van der Waals surface area contributed by atoms with Gasteiger partial charge in [0.25, 0.3) is 11.8 Å². The molecule has 1 atom stereocenters. The van der Waals surface area contributed by atoms with Gasteiger partial charge in [0, 0.05) is 4.47 Å². The number of halogens is 1. The van der Waals surface area contributed by atoms with Crippen LogP contribution in [0.2, 0.25) is 0 Å². The van der Waals surface area contributed by atoms with Crippen molar-refractivity contribution in [2.45, 2.75) is 13.0 Å². The van der Waals surface area contributed by atoms with Crippen molar-refractivity contribution >= 4 is 34.0 Å². The van der Waals surface area contributed by atoms with Gasteiger partial charge in [0.2, 0.25) is 0 Å². The fraction of sp³-hybridized carbons (Fsp3) is 0.167. The molecule has 0 radical (unpaired) electrons. The first-order valence-electron chi connectivity index (χ1n) is 7.67. The third kappa shape index (κ3) is 5.06. The molecule has 0 aliphatic carbocycles. The lowest BCUT2D eigenvalue weighted by molar-refractivity contribution is -0.122. The highest BCUT2D eigenvalue weighted by molar-refractivity contribution is 9.10. The number of benzene rings is 2. The summed E-state index contributed by atoms with van der Waals surface area (Å²) in [7, 11) is 1.44. The largest absolute Gasteiger partial charge is 0.504 e. The van der Waals surface area contributed by atoms with E-state index in [2.05, 4.69) is 31.8 Å². The molecule has 8 heteroatoms. The standard InChI is InChI=1S/C18H18BrN3O4/c1-11(21-18(25)13-5-3-4-6-14(13)19)17(24)22-20-10-12-7-8-15(23)16(9-12)26-2/h3-11,23H,1-2H3,(H,21,25)(H,22,24). The molecule has 0 fully saturated rings. The zero-order chi connectivity index (χ0) is 19.1. The van der Waals surface area contributed by atoms with E-state index in [4.69, 9.17) is 4.74 Å². The lowest BCUT2D eigenvalue weighted by Gasteiger charge is -2.12. The number of ether oxygens (including phenoxy) is 1. The summed E-state index contributed by atoms with van der Waals surface area (Å²) in [5.41, 5.74) is 3.42. The molecule has 0 bridgehead atoms. The molecule has 0 saturated carbocycles. The Bertz CT molecular complexity index is 839. The predicted molar refractivity (Wildman–Crippen MR) is 101 cm³/mol. The van der Waals surface area contributed by atoms with Crippen LogP contribution in [0.15, 0.2) is 52.0 Å². The van der Waals surface area contributed by atoms with E-state index >= 15 is 0 Å². The first-order chi connectivity index (χ1) is 12.4. The number of aromatic hydroxyl groups is 1. The van der Waals surface area contributed by atoms with E-state index in [9.17, 15) is 14.7 Å². The van der Waals surface area contributed by atoms with Crippen LogP contribution in [0, 0.1) is 0 Å². The zero-order valence-electron chi connectivity index (χ0n) is 14.2. The number of hydrogen-bond donors (Lipinski definition) is 3. The molecule has 0 aromatic heterocycles. The second-order valence-corrected chi connectivity index (χ2v) is 6.19. The Labute approximate surface area is 159 Å². The summed E-state index contributed by atoms with van der Waals surface area (Å²) in [6.07, 6.45) is 1.40. The van der Waals surface area contributed by atoms with E-state index in [1.165, 1.54) is 19.4 Å². The number of phenolic OH excluding ortho intramolecular Hbond substituents is 1.